The molecule has 6 heteroatoms. The van der Waals surface area contributed by atoms with Crippen LogP contribution < -0.4 is 5.32 Å². The fraction of sp³-hybridized carbons (Fsp3) is 0.818. The maximum Gasteiger partial charge on any atom is 0.317 e. The first kappa shape index (κ1) is 13.9. The van der Waals surface area contributed by atoms with Gasteiger partial charge in [0, 0.05) is 19.7 Å². The fourth-order valence-electron chi connectivity index (χ4n) is 1.72. The summed E-state index contributed by atoms with van der Waals surface area (Å²) in [6.07, 6.45) is 1.95. The first-order chi connectivity index (χ1) is 8.06. The van der Waals surface area contributed by atoms with Crippen LogP contribution in [0.5, 0.6) is 0 Å². The summed E-state index contributed by atoms with van der Waals surface area (Å²) in [6, 6.07) is -0.162. The van der Waals surface area contributed by atoms with Crippen molar-refractivity contribution in [3.63, 3.8) is 0 Å². The van der Waals surface area contributed by atoms with E-state index in [1.54, 1.807) is 18.9 Å². The molecule has 0 aliphatic heterocycles. The Bertz CT molecular complexity index is 279. The van der Waals surface area contributed by atoms with E-state index in [2.05, 4.69) is 5.32 Å². The summed E-state index contributed by atoms with van der Waals surface area (Å²) >= 11 is 0. The quantitative estimate of drug-likeness (QED) is 0.572. The van der Waals surface area contributed by atoms with Crippen molar-refractivity contribution in [2.45, 2.75) is 31.8 Å². The number of carbonyl (C=O) groups is 2. The predicted octanol–water partition coefficient (Wildman–Crippen LogP) is -0.313. The summed E-state index contributed by atoms with van der Waals surface area (Å²) in [5.74, 6) is -1.04. The standard InChI is InChI=1S/C11H20N2O4/c1-8(11(16)12-5-6-17-2)13(7-10(14)15)9-3-4-9/h8-9H,3-7H2,1-2H3,(H,12,16)(H,14,15). The van der Waals surface area contributed by atoms with Gasteiger partial charge >= 0.3 is 5.97 Å². The molecule has 17 heavy (non-hydrogen) atoms. The summed E-state index contributed by atoms with van der Waals surface area (Å²) in [6.45, 7) is 2.57. The predicted molar refractivity (Wildman–Crippen MR) is 61.7 cm³/mol. The molecule has 0 aromatic heterocycles. The number of carbonyl (C=O) groups excluding carboxylic acids is 1. The largest absolute Gasteiger partial charge is 0.480 e. The van der Waals surface area contributed by atoms with E-state index in [1.165, 1.54) is 0 Å². The van der Waals surface area contributed by atoms with E-state index in [1.807, 2.05) is 0 Å². The zero-order valence-corrected chi connectivity index (χ0v) is 10.3. The SMILES string of the molecule is COCCNC(=O)C(C)N(CC(=O)O)C1CC1. The number of ether oxygens (including phenoxy) is 1. The van der Waals surface area contributed by atoms with Crippen LogP contribution in [-0.2, 0) is 14.3 Å². The van der Waals surface area contributed by atoms with E-state index in [4.69, 9.17) is 9.84 Å². The summed E-state index contributed by atoms with van der Waals surface area (Å²) in [5.41, 5.74) is 0. The van der Waals surface area contributed by atoms with Crippen molar-refractivity contribution in [2.24, 2.45) is 0 Å². The Balaban J connectivity index is 2.42. The zero-order chi connectivity index (χ0) is 12.8. The second-order valence-corrected chi connectivity index (χ2v) is 4.26. The summed E-state index contributed by atoms with van der Waals surface area (Å²) in [7, 11) is 1.57. The Morgan fingerprint density at radius 1 is 1.53 bits per heavy atom. The topological polar surface area (TPSA) is 78.9 Å². The minimum absolute atomic E-state index is 0.0798. The molecular formula is C11H20N2O4. The molecule has 0 saturated heterocycles. The average molecular weight is 244 g/mol. The number of amides is 1. The first-order valence-corrected chi connectivity index (χ1v) is 5.80. The normalized spacial score (nSPS) is 16.9. The molecule has 0 aromatic carbocycles. The maximum absolute atomic E-state index is 11.8. The van der Waals surface area contributed by atoms with Gasteiger partial charge in [0.15, 0.2) is 0 Å². The summed E-state index contributed by atoms with van der Waals surface area (Å²) in [5, 5.41) is 11.5. The van der Waals surface area contributed by atoms with Crippen molar-refractivity contribution in [3.05, 3.63) is 0 Å². The highest BCUT2D eigenvalue weighted by Crippen LogP contribution is 2.28. The Labute approximate surface area is 101 Å². The molecule has 1 saturated carbocycles. The molecule has 0 aromatic rings. The number of aliphatic carboxylic acids is 1. The third-order valence-corrected chi connectivity index (χ3v) is 2.82. The highest BCUT2D eigenvalue weighted by molar-refractivity contribution is 5.82. The first-order valence-electron chi connectivity index (χ1n) is 5.80. The molecular weight excluding hydrogens is 224 g/mol. The molecule has 0 heterocycles. The van der Waals surface area contributed by atoms with Gasteiger partial charge < -0.3 is 15.2 Å². The van der Waals surface area contributed by atoms with E-state index in [0.717, 1.165) is 12.8 Å². The van der Waals surface area contributed by atoms with Crippen molar-refractivity contribution in [1.82, 2.24) is 10.2 Å². The van der Waals surface area contributed by atoms with Gasteiger partial charge in [0.25, 0.3) is 0 Å². The minimum atomic E-state index is -0.895. The van der Waals surface area contributed by atoms with Crippen LogP contribution in [0.1, 0.15) is 19.8 Å². The lowest BCUT2D eigenvalue weighted by Gasteiger charge is -2.26. The molecule has 1 fully saturated rings. The van der Waals surface area contributed by atoms with Crippen molar-refractivity contribution >= 4 is 11.9 Å². The van der Waals surface area contributed by atoms with E-state index in [9.17, 15) is 9.59 Å². The molecule has 1 unspecified atom stereocenters. The number of hydrogen-bond acceptors (Lipinski definition) is 4. The van der Waals surface area contributed by atoms with Gasteiger partial charge in [-0.15, -0.1) is 0 Å². The van der Waals surface area contributed by atoms with Crippen LogP contribution in [0, 0.1) is 0 Å². The zero-order valence-electron chi connectivity index (χ0n) is 10.3. The second-order valence-electron chi connectivity index (χ2n) is 4.26. The van der Waals surface area contributed by atoms with E-state index in [-0.39, 0.29) is 18.5 Å². The van der Waals surface area contributed by atoms with Crippen molar-refractivity contribution in [1.29, 1.82) is 0 Å². The van der Waals surface area contributed by atoms with Gasteiger partial charge in [0.1, 0.15) is 0 Å². The Morgan fingerprint density at radius 2 is 2.18 bits per heavy atom. The highest BCUT2D eigenvalue weighted by atomic mass is 16.5. The van der Waals surface area contributed by atoms with Crippen LogP contribution in [0.4, 0.5) is 0 Å². The molecule has 1 rings (SSSR count). The molecule has 0 bridgehead atoms. The van der Waals surface area contributed by atoms with Crippen LogP contribution >= 0.6 is 0 Å². The molecule has 1 amide bonds. The van der Waals surface area contributed by atoms with Gasteiger partial charge in [-0.05, 0) is 19.8 Å². The van der Waals surface area contributed by atoms with Crippen molar-refractivity contribution in [2.75, 3.05) is 26.8 Å². The molecule has 6 nitrogen and oxygen atoms in total. The van der Waals surface area contributed by atoms with Crippen LogP contribution in [0.25, 0.3) is 0 Å². The van der Waals surface area contributed by atoms with Crippen molar-refractivity contribution < 1.29 is 19.4 Å². The smallest absolute Gasteiger partial charge is 0.317 e. The van der Waals surface area contributed by atoms with Crippen LogP contribution in [0.3, 0.4) is 0 Å². The number of carboxylic acid groups (broad SMARTS) is 1. The molecule has 1 atom stereocenters. The number of nitrogens with one attached hydrogen (secondary N) is 1. The number of nitrogens with zero attached hydrogens (tertiary/aromatic N) is 1. The van der Waals surface area contributed by atoms with Gasteiger partial charge in [0.05, 0.1) is 19.2 Å². The molecule has 0 spiro atoms. The van der Waals surface area contributed by atoms with Gasteiger partial charge in [-0.1, -0.05) is 0 Å². The van der Waals surface area contributed by atoms with Crippen LogP contribution in [-0.4, -0.2) is 60.8 Å². The van der Waals surface area contributed by atoms with E-state index < -0.39 is 12.0 Å². The highest BCUT2D eigenvalue weighted by Gasteiger charge is 2.35. The molecule has 0 radical (unpaired) electrons. The molecule has 98 valence electrons. The maximum atomic E-state index is 11.8. The third-order valence-electron chi connectivity index (χ3n) is 2.82. The number of methoxy groups -OCH3 is 1. The Morgan fingerprint density at radius 3 is 2.65 bits per heavy atom. The number of rotatable bonds is 8. The molecule has 1 aliphatic carbocycles. The minimum Gasteiger partial charge on any atom is -0.480 e. The van der Waals surface area contributed by atoms with E-state index >= 15 is 0 Å². The van der Waals surface area contributed by atoms with Gasteiger partial charge in [0.2, 0.25) is 5.91 Å². The Kier molecular flexibility index (Phi) is 5.37. The molecule has 1 aliphatic rings. The lowest BCUT2D eigenvalue weighted by atomic mass is 10.2. The number of carboxylic acids is 1. The Hall–Kier alpha value is -1.14. The van der Waals surface area contributed by atoms with Crippen LogP contribution in [0.2, 0.25) is 0 Å². The lowest BCUT2D eigenvalue weighted by Crippen LogP contribution is -2.48. The van der Waals surface area contributed by atoms with E-state index in [0.29, 0.717) is 13.2 Å². The lowest BCUT2D eigenvalue weighted by molar-refractivity contribution is -0.140. The number of hydrogen-bond donors (Lipinski definition) is 2. The average Bonchev–Trinajstić information content (AvgIpc) is 3.08. The van der Waals surface area contributed by atoms with Crippen LogP contribution in [0.15, 0.2) is 0 Å². The molecule has 2 N–H and O–H groups in total. The van der Waals surface area contributed by atoms with Crippen molar-refractivity contribution in [3.8, 4) is 0 Å². The van der Waals surface area contributed by atoms with Gasteiger partial charge in [-0.25, -0.2) is 0 Å². The van der Waals surface area contributed by atoms with Gasteiger partial charge in [-0.2, -0.15) is 0 Å². The fourth-order valence-corrected chi connectivity index (χ4v) is 1.72. The summed E-state index contributed by atoms with van der Waals surface area (Å²) in [4.78, 5) is 24.2. The monoisotopic (exact) mass is 244 g/mol. The third kappa shape index (κ3) is 4.70. The summed E-state index contributed by atoms with van der Waals surface area (Å²) < 4.78 is 4.83. The van der Waals surface area contributed by atoms with Gasteiger partial charge in [-0.3, -0.25) is 14.5 Å². The second kappa shape index (κ2) is 6.56.